The number of rotatable bonds is 3. The summed E-state index contributed by atoms with van der Waals surface area (Å²) >= 11 is 0. The van der Waals surface area contributed by atoms with Gasteiger partial charge in [0.05, 0.1) is 4.92 Å². The van der Waals surface area contributed by atoms with Gasteiger partial charge >= 0.3 is 6.09 Å². The van der Waals surface area contributed by atoms with Gasteiger partial charge in [-0.05, 0) is 45.7 Å². The highest BCUT2D eigenvalue weighted by Crippen LogP contribution is 2.23. The van der Waals surface area contributed by atoms with Crippen LogP contribution in [0.15, 0.2) is 24.3 Å². The van der Waals surface area contributed by atoms with Gasteiger partial charge in [0.25, 0.3) is 5.69 Å². The van der Waals surface area contributed by atoms with E-state index >= 15 is 0 Å². The molecular formula is C18H29N3O4. The zero-order valence-electron chi connectivity index (χ0n) is 15.7. The van der Waals surface area contributed by atoms with E-state index in [4.69, 9.17) is 4.74 Å². The Morgan fingerprint density at radius 2 is 1.88 bits per heavy atom. The van der Waals surface area contributed by atoms with Crippen molar-refractivity contribution in [3.63, 3.8) is 0 Å². The zero-order chi connectivity index (χ0) is 19.0. The maximum Gasteiger partial charge on any atom is 0.407 e. The van der Waals surface area contributed by atoms with Crippen LogP contribution in [-0.4, -0.2) is 35.7 Å². The Labute approximate surface area is 149 Å². The number of anilines is 1. The van der Waals surface area contributed by atoms with Gasteiger partial charge in [0.1, 0.15) is 5.60 Å². The summed E-state index contributed by atoms with van der Waals surface area (Å²) in [6.07, 6.45) is 1.42. The predicted molar refractivity (Wildman–Crippen MR) is 99.0 cm³/mol. The molecule has 25 heavy (non-hydrogen) atoms. The number of benzene rings is 1. The standard InChI is InChI=1S/C16H23N3O4.C2H6/c1-16(2,3)23-15(20)17-12-5-4-10-18(11-12)13-6-8-14(9-7-13)19(21)22;1-2/h6-9,12H,4-5,10-11H2,1-3H3,(H,17,20);1-2H3. The summed E-state index contributed by atoms with van der Waals surface area (Å²) in [6.45, 7) is 11.0. The van der Waals surface area contributed by atoms with Gasteiger partial charge in [-0.3, -0.25) is 10.1 Å². The van der Waals surface area contributed by atoms with E-state index < -0.39 is 16.6 Å². The van der Waals surface area contributed by atoms with Crippen molar-refractivity contribution >= 4 is 17.5 Å². The summed E-state index contributed by atoms with van der Waals surface area (Å²) in [5, 5.41) is 13.6. The van der Waals surface area contributed by atoms with Gasteiger partial charge in [-0.1, -0.05) is 13.8 Å². The van der Waals surface area contributed by atoms with Crippen molar-refractivity contribution in [3.05, 3.63) is 34.4 Å². The largest absolute Gasteiger partial charge is 0.444 e. The summed E-state index contributed by atoms with van der Waals surface area (Å²) in [7, 11) is 0. The second-order valence-electron chi connectivity index (χ2n) is 6.70. The van der Waals surface area contributed by atoms with Gasteiger partial charge in [-0.25, -0.2) is 4.79 Å². The third kappa shape index (κ3) is 6.99. The maximum absolute atomic E-state index is 11.9. The topological polar surface area (TPSA) is 84.7 Å². The Hall–Kier alpha value is -2.31. The fraction of sp³-hybridized carbons (Fsp3) is 0.611. The Morgan fingerprint density at radius 3 is 2.40 bits per heavy atom. The van der Waals surface area contributed by atoms with Crippen LogP contribution in [0.2, 0.25) is 0 Å². The molecule has 0 bridgehead atoms. The minimum Gasteiger partial charge on any atom is -0.444 e. The smallest absolute Gasteiger partial charge is 0.407 e. The van der Waals surface area contributed by atoms with Crippen LogP contribution in [0.25, 0.3) is 0 Å². The number of carbonyl (C=O) groups excluding carboxylic acids is 1. The lowest BCUT2D eigenvalue weighted by molar-refractivity contribution is -0.384. The first kappa shape index (κ1) is 20.7. The second kappa shape index (κ2) is 9.25. The number of ether oxygens (including phenoxy) is 1. The molecule has 7 heteroatoms. The number of non-ortho nitro benzene ring substituents is 1. The SMILES string of the molecule is CC.CC(C)(C)OC(=O)NC1CCCN(c2ccc([N+](=O)[O-])cc2)C1. The van der Waals surface area contributed by atoms with Gasteiger partial charge in [-0.15, -0.1) is 0 Å². The van der Waals surface area contributed by atoms with E-state index in [-0.39, 0.29) is 11.7 Å². The summed E-state index contributed by atoms with van der Waals surface area (Å²) < 4.78 is 5.28. The number of nitrogens with zero attached hydrogens (tertiary/aromatic N) is 2. The van der Waals surface area contributed by atoms with Crippen LogP contribution in [0, 0.1) is 10.1 Å². The molecule has 0 saturated carbocycles. The highest BCUT2D eigenvalue weighted by atomic mass is 16.6. The average molecular weight is 351 g/mol. The number of nitrogens with one attached hydrogen (secondary N) is 1. The highest BCUT2D eigenvalue weighted by molar-refractivity contribution is 5.68. The van der Waals surface area contributed by atoms with Crippen molar-refractivity contribution in [2.24, 2.45) is 0 Å². The third-order valence-electron chi connectivity index (χ3n) is 3.57. The molecule has 0 radical (unpaired) electrons. The molecule has 1 saturated heterocycles. The lowest BCUT2D eigenvalue weighted by Gasteiger charge is -2.35. The minimum absolute atomic E-state index is 0.00814. The summed E-state index contributed by atoms with van der Waals surface area (Å²) in [4.78, 5) is 24.3. The van der Waals surface area contributed by atoms with Crippen molar-refractivity contribution in [2.45, 2.75) is 59.1 Å². The number of amides is 1. The Bertz CT molecular complexity index is 567. The van der Waals surface area contributed by atoms with Crippen LogP contribution >= 0.6 is 0 Å². The van der Waals surface area contributed by atoms with Crippen LogP contribution in [0.5, 0.6) is 0 Å². The van der Waals surface area contributed by atoms with Crippen molar-refractivity contribution in [1.29, 1.82) is 0 Å². The van der Waals surface area contributed by atoms with Crippen molar-refractivity contribution in [3.8, 4) is 0 Å². The number of alkyl carbamates (subject to hydrolysis) is 1. The Kier molecular flexibility index (Phi) is 7.67. The molecule has 1 heterocycles. The fourth-order valence-electron chi connectivity index (χ4n) is 2.59. The molecule has 7 nitrogen and oxygen atoms in total. The molecule has 1 aliphatic heterocycles. The van der Waals surface area contributed by atoms with Crippen molar-refractivity contribution in [1.82, 2.24) is 5.32 Å². The number of hydrogen-bond donors (Lipinski definition) is 1. The minimum atomic E-state index is -0.517. The van der Waals surface area contributed by atoms with Crippen LogP contribution in [0.1, 0.15) is 47.5 Å². The van der Waals surface area contributed by atoms with E-state index in [2.05, 4.69) is 10.2 Å². The van der Waals surface area contributed by atoms with E-state index in [1.54, 1.807) is 12.1 Å². The number of nitro benzene ring substituents is 1. The summed E-state index contributed by atoms with van der Waals surface area (Å²) in [5.74, 6) is 0. The molecule has 1 unspecified atom stereocenters. The van der Waals surface area contributed by atoms with E-state index in [1.165, 1.54) is 12.1 Å². The maximum atomic E-state index is 11.9. The van der Waals surface area contributed by atoms with Crippen LogP contribution in [0.3, 0.4) is 0 Å². The quantitative estimate of drug-likeness (QED) is 0.654. The third-order valence-corrected chi connectivity index (χ3v) is 3.57. The molecule has 1 atom stereocenters. The van der Waals surface area contributed by atoms with Crippen LogP contribution < -0.4 is 10.2 Å². The Balaban J connectivity index is 0.00000151. The number of hydrogen-bond acceptors (Lipinski definition) is 5. The molecule has 1 aromatic rings. The molecule has 1 aromatic carbocycles. The molecule has 2 rings (SSSR count). The molecule has 0 aromatic heterocycles. The number of piperidine rings is 1. The van der Waals surface area contributed by atoms with Gasteiger partial charge in [0, 0.05) is 37.0 Å². The molecule has 0 aliphatic carbocycles. The van der Waals surface area contributed by atoms with Gasteiger partial charge in [0.15, 0.2) is 0 Å². The molecule has 0 spiro atoms. The van der Waals surface area contributed by atoms with Crippen molar-refractivity contribution in [2.75, 3.05) is 18.0 Å². The molecule has 1 fully saturated rings. The van der Waals surface area contributed by atoms with Crippen LogP contribution in [0.4, 0.5) is 16.2 Å². The normalized spacial score (nSPS) is 17.2. The van der Waals surface area contributed by atoms with Crippen LogP contribution in [-0.2, 0) is 4.74 Å². The summed E-state index contributed by atoms with van der Waals surface area (Å²) in [5.41, 5.74) is 0.483. The molecule has 1 N–H and O–H groups in total. The first-order valence-corrected chi connectivity index (χ1v) is 8.73. The lowest BCUT2D eigenvalue weighted by Crippen LogP contribution is -2.49. The second-order valence-corrected chi connectivity index (χ2v) is 6.70. The predicted octanol–water partition coefficient (Wildman–Crippen LogP) is 4.11. The Morgan fingerprint density at radius 1 is 1.28 bits per heavy atom. The lowest BCUT2D eigenvalue weighted by atomic mass is 10.0. The zero-order valence-corrected chi connectivity index (χ0v) is 15.7. The van der Waals surface area contributed by atoms with Crippen molar-refractivity contribution < 1.29 is 14.5 Å². The fourth-order valence-corrected chi connectivity index (χ4v) is 2.59. The first-order valence-electron chi connectivity index (χ1n) is 8.73. The molecular weight excluding hydrogens is 322 g/mol. The number of nitro groups is 1. The van der Waals surface area contributed by atoms with Gasteiger partial charge in [-0.2, -0.15) is 0 Å². The van der Waals surface area contributed by atoms with E-state index in [0.29, 0.717) is 6.54 Å². The first-order chi connectivity index (χ1) is 11.7. The average Bonchev–Trinajstić information content (AvgIpc) is 2.55. The van der Waals surface area contributed by atoms with E-state index in [0.717, 1.165) is 25.1 Å². The van der Waals surface area contributed by atoms with Gasteiger partial charge in [0.2, 0.25) is 0 Å². The monoisotopic (exact) mass is 351 g/mol. The van der Waals surface area contributed by atoms with E-state index in [1.807, 2.05) is 34.6 Å². The molecule has 1 amide bonds. The van der Waals surface area contributed by atoms with Gasteiger partial charge < -0.3 is 15.0 Å². The molecule has 140 valence electrons. The van der Waals surface area contributed by atoms with E-state index in [9.17, 15) is 14.9 Å². The highest BCUT2D eigenvalue weighted by Gasteiger charge is 2.24. The number of carbonyl (C=O) groups is 1. The summed E-state index contributed by atoms with van der Waals surface area (Å²) in [6, 6.07) is 6.50. The molecule has 1 aliphatic rings.